The molecule has 0 atom stereocenters. The lowest BCUT2D eigenvalue weighted by Gasteiger charge is -2.20. The van der Waals surface area contributed by atoms with Gasteiger partial charge in [-0.3, -0.25) is 5.32 Å². The molecular weight excluding hydrogens is 300 g/mol. The molecule has 0 unspecified atom stereocenters. The number of ether oxygens (including phenoxy) is 1. The van der Waals surface area contributed by atoms with Crippen LogP contribution < -0.4 is 5.32 Å². The zero-order valence-electron chi connectivity index (χ0n) is 13.3. The monoisotopic (exact) mass is 318 g/mol. The molecule has 1 amide bonds. The maximum Gasteiger partial charge on any atom is 0.412 e. The number of hydrogen-bond donors (Lipinski definition) is 2. The molecule has 2 aromatic rings. The van der Waals surface area contributed by atoms with Crippen molar-refractivity contribution in [1.82, 2.24) is 5.16 Å². The van der Waals surface area contributed by atoms with Crippen LogP contribution in [0.2, 0.25) is 0 Å². The molecule has 2 N–H and O–H groups in total. The van der Waals surface area contributed by atoms with Gasteiger partial charge in [-0.2, -0.15) is 0 Å². The van der Waals surface area contributed by atoms with E-state index in [2.05, 4.69) is 10.5 Å². The Balaban J connectivity index is 2.24. The molecule has 7 heteroatoms. The molecule has 0 aliphatic rings. The zero-order chi connectivity index (χ0) is 17.2. The number of carboxylic acid groups (broad SMARTS) is 1. The molecule has 1 aromatic carbocycles. The number of aromatic carboxylic acids is 1. The van der Waals surface area contributed by atoms with Crippen molar-refractivity contribution in [1.29, 1.82) is 0 Å². The van der Waals surface area contributed by atoms with Crippen LogP contribution in [0.1, 0.15) is 36.8 Å². The van der Waals surface area contributed by atoms with E-state index in [1.54, 1.807) is 39.0 Å². The van der Waals surface area contributed by atoms with Crippen LogP contribution in [0, 0.1) is 6.92 Å². The number of carbonyl (C=O) groups excluding carboxylic acids is 1. The van der Waals surface area contributed by atoms with Gasteiger partial charge in [0.05, 0.1) is 0 Å². The Morgan fingerprint density at radius 3 is 2.52 bits per heavy atom. The van der Waals surface area contributed by atoms with Gasteiger partial charge >= 0.3 is 12.1 Å². The first kappa shape index (κ1) is 16.5. The molecule has 0 saturated carbocycles. The average Bonchev–Trinajstić information content (AvgIpc) is 2.89. The van der Waals surface area contributed by atoms with Crippen molar-refractivity contribution in [2.24, 2.45) is 0 Å². The predicted octanol–water partition coefficient (Wildman–Crippen LogP) is 3.70. The first-order chi connectivity index (χ1) is 10.7. The van der Waals surface area contributed by atoms with Crippen molar-refractivity contribution < 1.29 is 24.0 Å². The van der Waals surface area contributed by atoms with Crippen LogP contribution in [-0.4, -0.2) is 27.9 Å². The summed E-state index contributed by atoms with van der Waals surface area (Å²) in [6, 6.07) is 6.53. The van der Waals surface area contributed by atoms with Crippen LogP contribution in [0.3, 0.4) is 0 Å². The van der Waals surface area contributed by atoms with Crippen LogP contribution in [0.5, 0.6) is 0 Å². The van der Waals surface area contributed by atoms with Gasteiger partial charge in [-0.15, -0.1) is 0 Å². The Labute approximate surface area is 133 Å². The average molecular weight is 318 g/mol. The van der Waals surface area contributed by atoms with Gasteiger partial charge in [-0.25, -0.2) is 9.59 Å². The Morgan fingerprint density at radius 2 is 1.96 bits per heavy atom. The first-order valence-corrected chi connectivity index (χ1v) is 6.97. The van der Waals surface area contributed by atoms with Crippen LogP contribution in [0.25, 0.3) is 11.3 Å². The fourth-order valence-corrected chi connectivity index (χ4v) is 1.84. The van der Waals surface area contributed by atoms with Crippen LogP contribution in [0.4, 0.5) is 10.5 Å². The predicted molar refractivity (Wildman–Crippen MR) is 83.5 cm³/mol. The standard InChI is InChI=1S/C16H18N2O5/c1-9-5-6-10(13-8-12(14(19)20)18-23-13)7-11(9)17-15(21)22-16(2,3)4/h5-8H,1-4H3,(H,17,21)(H,19,20). The van der Waals surface area contributed by atoms with E-state index >= 15 is 0 Å². The number of hydrogen-bond acceptors (Lipinski definition) is 5. The molecule has 0 spiro atoms. The lowest BCUT2D eigenvalue weighted by Crippen LogP contribution is -2.27. The van der Waals surface area contributed by atoms with Crippen molar-refractivity contribution in [2.45, 2.75) is 33.3 Å². The molecule has 7 nitrogen and oxygen atoms in total. The number of carbonyl (C=O) groups is 2. The summed E-state index contributed by atoms with van der Waals surface area (Å²) < 4.78 is 10.2. The number of benzene rings is 1. The van der Waals surface area contributed by atoms with E-state index in [9.17, 15) is 9.59 Å². The van der Waals surface area contributed by atoms with E-state index in [0.29, 0.717) is 17.0 Å². The van der Waals surface area contributed by atoms with Gasteiger partial charge in [0.1, 0.15) is 5.60 Å². The molecule has 0 bridgehead atoms. The second-order valence-electron chi connectivity index (χ2n) is 6.04. The van der Waals surface area contributed by atoms with E-state index in [-0.39, 0.29) is 5.69 Å². The Bertz CT molecular complexity index is 743. The molecule has 122 valence electrons. The lowest BCUT2D eigenvalue weighted by molar-refractivity contribution is 0.0633. The summed E-state index contributed by atoms with van der Waals surface area (Å²) >= 11 is 0. The number of aryl methyl sites for hydroxylation is 1. The van der Waals surface area contributed by atoms with E-state index in [4.69, 9.17) is 14.4 Å². The second kappa shape index (κ2) is 6.12. The summed E-state index contributed by atoms with van der Waals surface area (Å²) in [5, 5.41) is 15.0. The highest BCUT2D eigenvalue weighted by Crippen LogP contribution is 2.26. The number of anilines is 1. The molecule has 0 saturated heterocycles. The molecule has 0 radical (unpaired) electrons. The molecule has 2 rings (SSSR count). The van der Waals surface area contributed by atoms with Crippen LogP contribution in [-0.2, 0) is 4.74 Å². The third-order valence-electron chi connectivity index (χ3n) is 2.89. The van der Waals surface area contributed by atoms with Crippen molar-refractivity contribution in [3.8, 4) is 11.3 Å². The highest BCUT2D eigenvalue weighted by molar-refractivity contribution is 5.88. The fourth-order valence-electron chi connectivity index (χ4n) is 1.84. The summed E-state index contributed by atoms with van der Waals surface area (Å²) in [7, 11) is 0. The van der Waals surface area contributed by atoms with Crippen molar-refractivity contribution in [3.05, 3.63) is 35.5 Å². The molecule has 23 heavy (non-hydrogen) atoms. The quantitative estimate of drug-likeness (QED) is 0.894. The second-order valence-corrected chi connectivity index (χ2v) is 6.04. The first-order valence-electron chi connectivity index (χ1n) is 6.97. The number of carboxylic acids is 1. The zero-order valence-corrected chi connectivity index (χ0v) is 13.3. The number of amides is 1. The minimum atomic E-state index is -1.17. The van der Waals surface area contributed by atoms with Crippen molar-refractivity contribution in [2.75, 3.05) is 5.32 Å². The number of nitrogens with one attached hydrogen (secondary N) is 1. The largest absolute Gasteiger partial charge is 0.476 e. The molecular formula is C16H18N2O5. The minimum absolute atomic E-state index is 0.178. The SMILES string of the molecule is Cc1ccc(-c2cc(C(=O)O)no2)cc1NC(=O)OC(C)(C)C. The van der Waals surface area contributed by atoms with Gasteiger partial charge < -0.3 is 14.4 Å². The molecule has 1 aromatic heterocycles. The lowest BCUT2D eigenvalue weighted by atomic mass is 10.1. The topological polar surface area (TPSA) is 102 Å². The van der Waals surface area contributed by atoms with Crippen LogP contribution in [0.15, 0.2) is 28.8 Å². The van der Waals surface area contributed by atoms with E-state index in [1.807, 2.05) is 6.92 Å². The highest BCUT2D eigenvalue weighted by atomic mass is 16.6. The van der Waals surface area contributed by atoms with Crippen molar-refractivity contribution >= 4 is 17.7 Å². The third kappa shape index (κ3) is 4.32. The van der Waals surface area contributed by atoms with E-state index in [1.165, 1.54) is 6.07 Å². The van der Waals surface area contributed by atoms with Gasteiger partial charge in [0.2, 0.25) is 0 Å². The summed E-state index contributed by atoms with van der Waals surface area (Å²) in [6.45, 7) is 7.16. The number of rotatable bonds is 3. The fraction of sp³-hybridized carbons (Fsp3) is 0.312. The highest BCUT2D eigenvalue weighted by Gasteiger charge is 2.18. The Hall–Kier alpha value is -2.83. The molecule has 0 aliphatic heterocycles. The van der Waals surface area contributed by atoms with Crippen molar-refractivity contribution in [3.63, 3.8) is 0 Å². The maximum atomic E-state index is 11.9. The summed E-state index contributed by atoms with van der Waals surface area (Å²) in [5.41, 5.74) is 1.20. The minimum Gasteiger partial charge on any atom is -0.476 e. The number of nitrogens with zero attached hydrogens (tertiary/aromatic N) is 1. The van der Waals surface area contributed by atoms with Gasteiger partial charge in [-0.1, -0.05) is 17.3 Å². The Kier molecular flexibility index (Phi) is 4.40. The van der Waals surface area contributed by atoms with Gasteiger partial charge in [0.15, 0.2) is 11.5 Å². The van der Waals surface area contributed by atoms with E-state index < -0.39 is 17.7 Å². The van der Waals surface area contributed by atoms with Gasteiger partial charge in [0, 0.05) is 17.3 Å². The van der Waals surface area contributed by atoms with Crippen LogP contribution >= 0.6 is 0 Å². The van der Waals surface area contributed by atoms with Gasteiger partial charge in [0.25, 0.3) is 0 Å². The maximum absolute atomic E-state index is 11.9. The number of aromatic nitrogens is 1. The third-order valence-corrected chi connectivity index (χ3v) is 2.89. The summed E-state index contributed by atoms with van der Waals surface area (Å²) in [4.78, 5) is 22.7. The van der Waals surface area contributed by atoms with Gasteiger partial charge in [-0.05, 0) is 39.3 Å². The smallest absolute Gasteiger partial charge is 0.412 e. The Morgan fingerprint density at radius 1 is 1.26 bits per heavy atom. The molecule has 1 heterocycles. The summed E-state index contributed by atoms with van der Waals surface area (Å²) in [6.07, 6.45) is -0.568. The molecule has 0 aliphatic carbocycles. The summed E-state index contributed by atoms with van der Waals surface area (Å²) in [5.74, 6) is -0.867. The molecule has 0 fully saturated rings. The normalized spacial score (nSPS) is 11.1. The van der Waals surface area contributed by atoms with E-state index in [0.717, 1.165) is 5.56 Å².